The van der Waals surface area contributed by atoms with Gasteiger partial charge in [0, 0.05) is 13.1 Å². The Morgan fingerprint density at radius 1 is 1.16 bits per heavy atom. The van der Waals surface area contributed by atoms with Crippen molar-refractivity contribution in [3.8, 4) is 5.75 Å². The van der Waals surface area contributed by atoms with Crippen molar-refractivity contribution in [3.63, 3.8) is 0 Å². The van der Waals surface area contributed by atoms with E-state index in [0.29, 0.717) is 24.4 Å². The fourth-order valence-electron chi connectivity index (χ4n) is 2.80. The Bertz CT molecular complexity index is 806. The Balaban J connectivity index is 1.60. The molecule has 0 fully saturated rings. The first-order chi connectivity index (χ1) is 12.1. The first-order valence-electron chi connectivity index (χ1n) is 7.93. The molecule has 0 radical (unpaired) electrons. The Labute approximate surface area is 151 Å². The molecule has 0 unspecified atom stereocenters. The van der Waals surface area contributed by atoms with Crippen LogP contribution in [0, 0.1) is 0 Å². The van der Waals surface area contributed by atoms with E-state index in [4.69, 9.17) is 16.3 Å². The number of halogens is 1. The lowest BCUT2D eigenvalue weighted by molar-refractivity contribution is -0.134. The number of carbonyl (C=O) groups excluding carboxylic acids is 2. The second kappa shape index (κ2) is 7.57. The van der Waals surface area contributed by atoms with Crippen molar-refractivity contribution in [2.75, 3.05) is 20.3 Å². The smallest absolute Gasteiger partial charge is 0.337 e. The average Bonchev–Trinajstić information content (AvgIpc) is 2.65. The summed E-state index contributed by atoms with van der Waals surface area (Å²) in [5.74, 6) is -0.209. The highest BCUT2D eigenvalue weighted by molar-refractivity contribution is 6.32. The maximum absolute atomic E-state index is 12.4. The van der Waals surface area contributed by atoms with Crippen LogP contribution in [0.5, 0.6) is 5.75 Å². The highest BCUT2D eigenvalue weighted by atomic mass is 35.5. The zero-order valence-corrected chi connectivity index (χ0v) is 14.6. The third-order valence-electron chi connectivity index (χ3n) is 4.19. The van der Waals surface area contributed by atoms with Crippen molar-refractivity contribution in [1.82, 2.24) is 4.90 Å². The van der Waals surface area contributed by atoms with Crippen LogP contribution in [0.2, 0.25) is 5.02 Å². The molecule has 3 rings (SSSR count). The van der Waals surface area contributed by atoms with Gasteiger partial charge in [0.25, 0.3) is 5.91 Å². The molecule has 2 aromatic rings. The molecule has 0 aromatic heterocycles. The van der Waals surface area contributed by atoms with Crippen LogP contribution in [0.1, 0.15) is 21.5 Å². The minimum Gasteiger partial charge on any atom is -0.482 e. The normalized spacial score (nSPS) is 13.1. The third kappa shape index (κ3) is 3.94. The summed E-state index contributed by atoms with van der Waals surface area (Å²) >= 11 is 6.11. The SMILES string of the molecule is COC(=O)c1ccc(OCC(=O)N2CCc3ccccc3C2)c(Cl)c1. The van der Waals surface area contributed by atoms with Crippen molar-refractivity contribution in [1.29, 1.82) is 0 Å². The first-order valence-corrected chi connectivity index (χ1v) is 8.31. The van der Waals surface area contributed by atoms with Gasteiger partial charge >= 0.3 is 5.97 Å². The fourth-order valence-corrected chi connectivity index (χ4v) is 3.04. The second-order valence-electron chi connectivity index (χ2n) is 5.76. The fraction of sp³-hybridized carbons (Fsp3) is 0.263. The predicted octanol–water partition coefficient (Wildman–Crippen LogP) is 3.09. The molecule has 0 atom stereocenters. The molecule has 0 aliphatic carbocycles. The van der Waals surface area contributed by atoms with Crippen LogP contribution in [0.25, 0.3) is 0 Å². The molecule has 1 aliphatic rings. The summed E-state index contributed by atoms with van der Waals surface area (Å²) in [7, 11) is 1.30. The third-order valence-corrected chi connectivity index (χ3v) is 4.48. The summed E-state index contributed by atoms with van der Waals surface area (Å²) in [5.41, 5.74) is 2.79. The van der Waals surface area contributed by atoms with Crippen molar-refractivity contribution in [2.45, 2.75) is 13.0 Å². The topological polar surface area (TPSA) is 55.8 Å². The molecular weight excluding hydrogens is 342 g/mol. The molecule has 130 valence electrons. The summed E-state index contributed by atoms with van der Waals surface area (Å²) in [6.07, 6.45) is 0.844. The van der Waals surface area contributed by atoms with E-state index < -0.39 is 5.97 Å². The number of carbonyl (C=O) groups is 2. The number of ether oxygens (including phenoxy) is 2. The van der Waals surface area contributed by atoms with Gasteiger partial charge in [0.15, 0.2) is 6.61 Å². The van der Waals surface area contributed by atoms with Gasteiger partial charge in [0.05, 0.1) is 17.7 Å². The molecule has 0 saturated heterocycles. The summed E-state index contributed by atoms with van der Waals surface area (Å²) in [4.78, 5) is 25.6. The van der Waals surface area contributed by atoms with Crippen LogP contribution in [-0.4, -0.2) is 37.0 Å². The molecular formula is C19H18ClNO4. The summed E-state index contributed by atoms with van der Waals surface area (Å²) in [6.45, 7) is 1.17. The lowest BCUT2D eigenvalue weighted by Crippen LogP contribution is -2.38. The molecule has 1 aliphatic heterocycles. The van der Waals surface area contributed by atoms with E-state index in [-0.39, 0.29) is 17.5 Å². The number of methoxy groups -OCH3 is 1. The Hall–Kier alpha value is -2.53. The van der Waals surface area contributed by atoms with E-state index in [1.165, 1.54) is 24.3 Å². The van der Waals surface area contributed by atoms with Gasteiger partial charge in [-0.1, -0.05) is 35.9 Å². The average molecular weight is 360 g/mol. The lowest BCUT2D eigenvalue weighted by Gasteiger charge is -2.28. The van der Waals surface area contributed by atoms with Gasteiger partial charge in [-0.25, -0.2) is 4.79 Å². The molecule has 0 spiro atoms. The van der Waals surface area contributed by atoms with Crippen molar-refractivity contribution >= 4 is 23.5 Å². The quantitative estimate of drug-likeness (QED) is 0.787. The summed E-state index contributed by atoms with van der Waals surface area (Å²) in [5, 5.41) is 0.264. The number of esters is 1. The van der Waals surface area contributed by atoms with Crippen molar-refractivity contribution in [3.05, 3.63) is 64.2 Å². The van der Waals surface area contributed by atoms with Gasteiger partial charge < -0.3 is 14.4 Å². The molecule has 0 N–H and O–H groups in total. The number of rotatable bonds is 4. The zero-order valence-electron chi connectivity index (χ0n) is 13.8. The maximum atomic E-state index is 12.4. The van der Waals surface area contributed by atoms with Crippen LogP contribution >= 0.6 is 11.6 Å². The standard InChI is InChI=1S/C19H18ClNO4/c1-24-19(23)14-6-7-17(16(20)10-14)25-12-18(22)21-9-8-13-4-2-3-5-15(13)11-21/h2-7,10H,8-9,11-12H2,1H3. The Morgan fingerprint density at radius 2 is 1.92 bits per heavy atom. The van der Waals surface area contributed by atoms with Gasteiger partial charge in [0.2, 0.25) is 0 Å². The Morgan fingerprint density at radius 3 is 2.64 bits per heavy atom. The molecule has 25 heavy (non-hydrogen) atoms. The Kier molecular flexibility index (Phi) is 5.24. The van der Waals surface area contributed by atoms with Gasteiger partial charge in [-0.3, -0.25) is 4.79 Å². The van der Waals surface area contributed by atoms with E-state index in [1.54, 1.807) is 17.0 Å². The molecule has 0 saturated carbocycles. The molecule has 6 heteroatoms. The second-order valence-corrected chi connectivity index (χ2v) is 6.17. The summed E-state index contributed by atoms with van der Waals surface area (Å²) < 4.78 is 10.2. The first kappa shape index (κ1) is 17.3. The molecule has 2 aromatic carbocycles. The monoisotopic (exact) mass is 359 g/mol. The highest BCUT2D eigenvalue weighted by Gasteiger charge is 2.21. The van der Waals surface area contributed by atoms with Crippen LogP contribution < -0.4 is 4.74 Å². The van der Waals surface area contributed by atoms with E-state index in [1.807, 2.05) is 18.2 Å². The highest BCUT2D eigenvalue weighted by Crippen LogP contribution is 2.26. The molecule has 5 nitrogen and oxygen atoms in total. The van der Waals surface area contributed by atoms with Gasteiger partial charge in [-0.2, -0.15) is 0 Å². The zero-order chi connectivity index (χ0) is 17.8. The predicted molar refractivity (Wildman–Crippen MR) is 93.8 cm³/mol. The minimum absolute atomic E-state index is 0.0948. The van der Waals surface area contributed by atoms with Gasteiger partial charge in [0.1, 0.15) is 5.75 Å². The number of benzene rings is 2. The van der Waals surface area contributed by atoms with Gasteiger partial charge in [-0.05, 0) is 35.7 Å². The van der Waals surface area contributed by atoms with Crippen LogP contribution in [0.4, 0.5) is 0 Å². The molecule has 1 heterocycles. The van der Waals surface area contributed by atoms with E-state index in [2.05, 4.69) is 10.8 Å². The number of hydrogen-bond donors (Lipinski definition) is 0. The number of nitrogens with zero attached hydrogens (tertiary/aromatic N) is 1. The van der Waals surface area contributed by atoms with Crippen molar-refractivity contribution in [2.24, 2.45) is 0 Å². The largest absolute Gasteiger partial charge is 0.482 e. The van der Waals surface area contributed by atoms with Gasteiger partial charge in [-0.15, -0.1) is 0 Å². The van der Waals surface area contributed by atoms with E-state index in [0.717, 1.165) is 6.42 Å². The summed E-state index contributed by atoms with van der Waals surface area (Å²) in [6, 6.07) is 12.7. The van der Waals surface area contributed by atoms with E-state index in [9.17, 15) is 9.59 Å². The van der Waals surface area contributed by atoms with Crippen molar-refractivity contribution < 1.29 is 19.1 Å². The maximum Gasteiger partial charge on any atom is 0.337 e. The number of hydrogen-bond acceptors (Lipinski definition) is 4. The van der Waals surface area contributed by atoms with Crippen LogP contribution in [-0.2, 0) is 22.5 Å². The number of amides is 1. The number of fused-ring (bicyclic) bond motifs is 1. The molecule has 1 amide bonds. The lowest BCUT2D eigenvalue weighted by atomic mass is 10.00. The minimum atomic E-state index is -0.475. The van der Waals surface area contributed by atoms with E-state index >= 15 is 0 Å². The van der Waals surface area contributed by atoms with Crippen LogP contribution in [0.15, 0.2) is 42.5 Å². The molecule has 0 bridgehead atoms. The van der Waals surface area contributed by atoms with Crippen LogP contribution in [0.3, 0.4) is 0 Å².